The first-order chi connectivity index (χ1) is 8.01. The second-order valence-electron chi connectivity index (χ2n) is 4.16. The maximum atomic E-state index is 11.4. The summed E-state index contributed by atoms with van der Waals surface area (Å²) in [7, 11) is 2.88. The Labute approximate surface area is 102 Å². The summed E-state index contributed by atoms with van der Waals surface area (Å²) in [6.07, 6.45) is 0. The third-order valence-corrected chi connectivity index (χ3v) is 2.71. The summed E-state index contributed by atoms with van der Waals surface area (Å²) in [5, 5.41) is 0. The summed E-state index contributed by atoms with van der Waals surface area (Å²) in [4.78, 5) is 11.4. The van der Waals surface area contributed by atoms with Crippen LogP contribution in [0.25, 0.3) is 0 Å². The first-order valence-electron chi connectivity index (χ1n) is 5.52. The van der Waals surface area contributed by atoms with Gasteiger partial charge in [-0.25, -0.2) is 0 Å². The first kappa shape index (κ1) is 13.5. The Morgan fingerprint density at radius 3 is 2.41 bits per heavy atom. The molecule has 1 unspecified atom stereocenters. The van der Waals surface area contributed by atoms with Crippen molar-refractivity contribution in [3.63, 3.8) is 0 Å². The summed E-state index contributed by atoms with van der Waals surface area (Å²) in [5.74, 6) is 0.544. The monoisotopic (exact) mass is 237 g/mol. The topological polar surface area (TPSA) is 61.5 Å². The van der Waals surface area contributed by atoms with Crippen LogP contribution in [0.5, 0.6) is 5.75 Å². The van der Waals surface area contributed by atoms with Gasteiger partial charge >= 0.3 is 5.97 Å². The van der Waals surface area contributed by atoms with Crippen molar-refractivity contribution >= 4 is 5.97 Å². The molecule has 1 aromatic rings. The Bertz CT molecular complexity index is 402. The first-order valence-corrected chi connectivity index (χ1v) is 5.52. The second kappa shape index (κ2) is 5.68. The highest BCUT2D eigenvalue weighted by molar-refractivity contribution is 5.78. The number of hydrogen-bond acceptors (Lipinski definition) is 4. The van der Waals surface area contributed by atoms with Gasteiger partial charge in [-0.3, -0.25) is 4.79 Å². The van der Waals surface area contributed by atoms with Crippen LogP contribution in [-0.4, -0.2) is 20.2 Å². The van der Waals surface area contributed by atoms with Gasteiger partial charge in [0.05, 0.1) is 14.2 Å². The molecule has 2 N–H and O–H groups in total. The molecule has 0 aromatic heterocycles. The van der Waals surface area contributed by atoms with Crippen molar-refractivity contribution in [1.82, 2.24) is 0 Å². The van der Waals surface area contributed by atoms with Gasteiger partial charge in [0.25, 0.3) is 0 Å². The Morgan fingerprint density at radius 2 is 1.94 bits per heavy atom. The van der Waals surface area contributed by atoms with Gasteiger partial charge in [0.15, 0.2) is 0 Å². The molecule has 0 saturated carbocycles. The molecular weight excluding hydrogens is 218 g/mol. The van der Waals surface area contributed by atoms with Crippen LogP contribution in [0, 0.1) is 0 Å². The molecule has 4 heteroatoms. The highest BCUT2D eigenvalue weighted by Crippen LogP contribution is 2.28. The van der Waals surface area contributed by atoms with Crippen LogP contribution < -0.4 is 10.5 Å². The molecule has 0 amide bonds. The van der Waals surface area contributed by atoms with E-state index in [4.69, 9.17) is 10.5 Å². The third-order valence-electron chi connectivity index (χ3n) is 2.71. The summed E-state index contributed by atoms with van der Waals surface area (Å²) in [6, 6.07) is 4.86. The summed E-state index contributed by atoms with van der Waals surface area (Å²) in [6.45, 7) is 4.18. The van der Waals surface area contributed by atoms with E-state index in [-0.39, 0.29) is 0 Å². The van der Waals surface area contributed by atoms with Gasteiger partial charge in [-0.2, -0.15) is 0 Å². The number of benzene rings is 1. The Balaban J connectivity index is 3.12. The smallest absolute Gasteiger partial charge is 0.327 e. The molecule has 0 aliphatic carbocycles. The molecule has 0 saturated heterocycles. The minimum atomic E-state index is -0.809. The van der Waals surface area contributed by atoms with Crippen LogP contribution in [0.4, 0.5) is 0 Å². The van der Waals surface area contributed by atoms with E-state index >= 15 is 0 Å². The molecule has 1 rings (SSSR count). The van der Waals surface area contributed by atoms with Crippen LogP contribution in [0.3, 0.4) is 0 Å². The highest BCUT2D eigenvalue weighted by Gasteiger charge is 2.20. The molecule has 0 aliphatic rings. The zero-order valence-electron chi connectivity index (χ0n) is 10.7. The quantitative estimate of drug-likeness (QED) is 0.813. The predicted octanol–water partition coefficient (Wildman–Crippen LogP) is 1.99. The van der Waals surface area contributed by atoms with Crippen molar-refractivity contribution in [2.24, 2.45) is 5.73 Å². The van der Waals surface area contributed by atoms with Crippen molar-refractivity contribution in [3.05, 3.63) is 29.3 Å². The maximum absolute atomic E-state index is 11.4. The van der Waals surface area contributed by atoms with Gasteiger partial charge in [-0.1, -0.05) is 26.0 Å². The zero-order valence-corrected chi connectivity index (χ0v) is 10.7. The van der Waals surface area contributed by atoms with E-state index in [2.05, 4.69) is 18.6 Å². The van der Waals surface area contributed by atoms with E-state index in [9.17, 15) is 4.79 Å². The summed E-state index contributed by atoms with van der Waals surface area (Å²) in [5.41, 5.74) is 7.58. The lowest BCUT2D eigenvalue weighted by molar-refractivity contribution is -0.142. The number of esters is 1. The van der Waals surface area contributed by atoms with Gasteiger partial charge in [0, 0.05) is 5.56 Å². The predicted molar refractivity (Wildman–Crippen MR) is 66.0 cm³/mol. The maximum Gasteiger partial charge on any atom is 0.327 e. The van der Waals surface area contributed by atoms with Gasteiger partial charge in [0.2, 0.25) is 0 Å². The van der Waals surface area contributed by atoms with Gasteiger partial charge < -0.3 is 15.2 Å². The lowest BCUT2D eigenvalue weighted by atomic mass is 9.98. The van der Waals surface area contributed by atoms with E-state index in [1.54, 1.807) is 7.11 Å². The number of hydrogen-bond donors (Lipinski definition) is 1. The molecule has 0 spiro atoms. The fraction of sp³-hybridized carbons (Fsp3) is 0.462. The minimum absolute atomic E-state index is 0.396. The van der Waals surface area contributed by atoms with Crippen molar-refractivity contribution in [1.29, 1.82) is 0 Å². The van der Waals surface area contributed by atoms with Crippen LogP contribution in [0.1, 0.15) is 36.9 Å². The molecule has 17 heavy (non-hydrogen) atoms. The van der Waals surface area contributed by atoms with Crippen molar-refractivity contribution < 1.29 is 14.3 Å². The molecule has 1 atom stereocenters. The van der Waals surface area contributed by atoms with E-state index in [0.29, 0.717) is 17.2 Å². The van der Waals surface area contributed by atoms with E-state index < -0.39 is 12.0 Å². The molecule has 0 fully saturated rings. The zero-order chi connectivity index (χ0) is 13.0. The number of carbonyl (C=O) groups is 1. The van der Waals surface area contributed by atoms with Crippen molar-refractivity contribution in [2.75, 3.05) is 14.2 Å². The van der Waals surface area contributed by atoms with E-state index in [1.165, 1.54) is 7.11 Å². The Kier molecular flexibility index (Phi) is 4.52. The number of nitrogens with two attached hydrogens (primary N) is 1. The van der Waals surface area contributed by atoms with Gasteiger partial charge in [0.1, 0.15) is 11.8 Å². The Morgan fingerprint density at radius 1 is 1.29 bits per heavy atom. The second-order valence-corrected chi connectivity index (χ2v) is 4.16. The molecule has 0 bridgehead atoms. The lowest BCUT2D eigenvalue weighted by Gasteiger charge is -2.16. The number of methoxy groups -OCH3 is 2. The normalized spacial score (nSPS) is 12.4. The summed E-state index contributed by atoms with van der Waals surface area (Å²) >= 11 is 0. The van der Waals surface area contributed by atoms with Crippen molar-refractivity contribution in [2.45, 2.75) is 25.8 Å². The lowest BCUT2D eigenvalue weighted by Crippen LogP contribution is -2.23. The molecule has 4 nitrogen and oxygen atoms in total. The molecule has 94 valence electrons. The number of rotatable bonds is 4. The Hall–Kier alpha value is -1.55. The number of carbonyl (C=O) groups excluding carboxylic acids is 1. The van der Waals surface area contributed by atoms with E-state index in [1.807, 2.05) is 18.2 Å². The molecule has 0 radical (unpaired) electrons. The van der Waals surface area contributed by atoms with Crippen LogP contribution in [0.15, 0.2) is 18.2 Å². The third kappa shape index (κ3) is 2.97. The SMILES string of the molecule is COC(=O)C(N)c1ccc(C(C)C)cc1OC. The highest BCUT2D eigenvalue weighted by atomic mass is 16.5. The molecular formula is C13H19NO3. The van der Waals surface area contributed by atoms with Gasteiger partial charge in [-0.05, 0) is 17.5 Å². The van der Waals surface area contributed by atoms with Crippen LogP contribution >= 0.6 is 0 Å². The largest absolute Gasteiger partial charge is 0.496 e. The molecule has 0 aliphatic heterocycles. The fourth-order valence-electron chi connectivity index (χ4n) is 1.60. The molecule has 1 aromatic carbocycles. The minimum Gasteiger partial charge on any atom is -0.496 e. The summed E-state index contributed by atoms with van der Waals surface area (Å²) < 4.78 is 9.89. The van der Waals surface area contributed by atoms with Crippen molar-refractivity contribution in [3.8, 4) is 5.75 Å². The van der Waals surface area contributed by atoms with Crippen LogP contribution in [-0.2, 0) is 9.53 Å². The van der Waals surface area contributed by atoms with Gasteiger partial charge in [-0.15, -0.1) is 0 Å². The van der Waals surface area contributed by atoms with E-state index in [0.717, 1.165) is 5.56 Å². The average molecular weight is 237 g/mol. The number of ether oxygens (including phenoxy) is 2. The average Bonchev–Trinajstić information content (AvgIpc) is 2.35. The van der Waals surface area contributed by atoms with Crippen LogP contribution in [0.2, 0.25) is 0 Å². The standard InChI is InChI=1S/C13H19NO3/c1-8(2)9-5-6-10(11(7-9)16-3)12(14)13(15)17-4/h5-8,12H,14H2,1-4H3. The molecule has 0 heterocycles. The fourth-order valence-corrected chi connectivity index (χ4v) is 1.60.